The Kier molecular flexibility index (Phi) is 8.04. The second-order valence-electron chi connectivity index (χ2n) is 9.28. The first-order valence-corrected chi connectivity index (χ1v) is 10.8. The normalized spacial score (nSPS) is 21.1. The molecule has 0 aliphatic carbocycles. The van der Waals surface area contributed by atoms with Crippen molar-refractivity contribution in [3.05, 3.63) is 35.9 Å². The highest BCUT2D eigenvalue weighted by atomic mass is 16.6. The Hall–Kier alpha value is -2.37. The van der Waals surface area contributed by atoms with Crippen LogP contribution in [-0.2, 0) is 19.1 Å². The van der Waals surface area contributed by atoms with Crippen LogP contribution in [-0.4, -0.2) is 34.5 Å². The number of carbonyl (C=O) groups excluding carboxylic acids is 3. The van der Waals surface area contributed by atoms with Gasteiger partial charge in [0.1, 0.15) is 11.7 Å². The van der Waals surface area contributed by atoms with E-state index in [0.717, 1.165) is 18.4 Å². The average Bonchev–Trinajstić information content (AvgIpc) is 2.94. The van der Waals surface area contributed by atoms with Gasteiger partial charge in [0.25, 0.3) is 0 Å². The maximum Gasteiger partial charge on any atom is 0.417 e. The Balaban J connectivity index is 2.20. The minimum Gasteiger partial charge on any atom is -0.460 e. The summed E-state index contributed by atoms with van der Waals surface area (Å²) in [6.07, 6.45) is 1.25. The molecule has 1 heterocycles. The first-order chi connectivity index (χ1) is 14.0. The van der Waals surface area contributed by atoms with Crippen molar-refractivity contribution in [3.8, 4) is 0 Å². The van der Waals surface area contributed by atoms with Crippen molar-refractivity contribution in [2.45, 2.75) is 85.0 Å². The molecule has 0 radical (unpaired) electrons. The molecule has 0 N–H and O–H groups in total. The number of esters is 1. The van der Waals surface area contributed by atoms with Crippen molar-refractivity contribution in [2.75, 3.05) is 0 Å². The third-order valence-electron chi connectivity index (χ3n) is 5.29. The fraction of sp³-hybridized carbons (Fsp3) is 0.625. The van der Waals surface area contributed by atoms with Gasteiger partial charge in [0.15, 0.2) is 0 Å². The number of amides is 2. The summed E-state index contributed by atoms with van der Waals surface area (Å²) in [6.45, 7) is 11.4. The van der Waals surface area contributed by atoms with Crippen molar-refractivity contribution in [3.63, 3.8) is 0 Å². The number of hydrogen-bond donors (Lipinski definition) is 0. The molecule has 0 unspecified atom stereocenters. The SMILES string of the molecule is CCC[C@@H](C)C[C@H](CC(=O)OC(C)(C)C)C(=O)N1C(=O)O[C@@H](c2ccccc2)[C@H]1C. The molecular weight excluding hydrogens is 382 g/mol. The summed E-state index contributed by atoms with van der Waals surface area (Å²) in [5.74, 6) is -1.15. The molecule has 1 aromatic carbocycles. The molecule has 1 aliphatic heterocycles. The lowest BCUT2D eigenvalue weighted by atomic mass is 9.89. The highest BCUT2D eigenvalue weighted by Crippen LogP contribution is 2.35. The molecule has 2 rings (SSSR count). The van der Waals surface area contributed by atoms with Crippen LogP contribution in [0.4, 0.5) is 4.79 Å². The van der Waals surface area contributed by atoms with E-state index in [0.29, 0.717) is 6.42 Å². The van der Waals surface area contributed by atoms with Gasteiger partial charge in [-0.1, -0.05) is 57.0 Å². The van der Waals surface area contributed by atoms with Crippen LogP contribution in [0.3, 0.4) is 0 Å². The Morgan fingerprint density at radius 3 is 2.40 bits per heavy atom. The second kappa shape index (κ2) is 10.1. The lowest BCUT2D eigenvalue weighted by Crippen LogP contribution is -2.43. The summed E-state index contributed by atoms with van der Waals surface area (Å²) in [5.41, 5.74) is 0.217. The maximum absolute atomic E-state index is 13.4. The van der Waals surface area contributed by atoms with Crippen LogP contribution in [0.2, 0.25) is 0 Å². The lowest BCUT2D eigenvalue weighted by molar-refractivity contribution is -0.158. The van der Waals surface area contributed by atoms with Gasteiger partial charge >= 0.3 is 12.1 Å². The summed E-state index contributed by atoms with van der Waals surface area (Å²) in [5, 5.41) is 0. The van der Waals surface area contributed by atoms with Crippen molar-refractivity contribution >= 4 is 18.0 Å². The molecule has 1 aromatic rings. The van der Waals surface area contributed by atoms with Gasteiger partial charge in [-0.3, -0.25) is 9.59 Å². The van der Waals surface area contributed by atoms with Crippen LogP contribution >= 0.6 is 0 Å². The molecule has 1 aliphatic rings. The number of hydrogen-bond acceptors (Lipinski definition) is 5. The predicted octanol–water partition coefficient (Wildman–Crippen LogP) is 5.27. The van der Waals surface area contributed by atoms with E-state index in [4.69, 9.17) is 9.47 Å². The van der Waals surface area contributed by atoms with Crippen molar-refractivity contribution < 1.29 is 23.9 Å². The summed E-state index contributed by atoms with van der Waals surface area (Å²) in [7, 11) is 0. The molecule has 6 heteroatoms. The molecule has 166 valence electrons. The Bertz CT molecular complexity index is 740. The van der Waals surface area contributed by atoms with Crippen LogP contribution in [0.1, 0.15) is 78.9 Å². The molecule has 1 fully saturated rings. The molecule has 0 aromatic heterocycles. The highest BCUT2D eigenvalue weighted by Gasteiger charge is 2.45. The lowest BCUT2D eigenvalue weighted by Gasteiger charge is -2.27. The number of cyclic esters (lactones) is 1. The number of carbonyl (C=O) groups is 3. The summed E-state index contributed by atoms with van der Waals surface area (Å²) in [6, 6.07) is 8.94. The summed E-state index contributed by atoms with van der Waals surface area (Å²) < 4.78 is 11.0. The smallest absolute Gasteiger partial charge is 0.417 e. The van der Waals surface area contributed by atoms with Gasteiger partial charge in [0.05, 0.1) is 12.5 Å². The minimum atomic E-state index is -0.654. The predicted molar refractivity (Wildman–Crippen MR) is 115 cm³/mol. The monoisotopic (exact) mass is 417 g/mol. The Morgan fingerprint density at radius 1 is 1.20 bits per heavy atom. The van der Waals surface area contributed by atoms with Crippen molar-refractivity contribution in [1.29, 1.82) is 0 Å². The van der Waals surface area contributed by atoms with Gasteiger partial charge in [-0.05, 0) is 45.6 Å². The number of benzene rings is 1. The third-order valence-corrected chi connectivity index (χ3v) is 5.29. The standard InChI is InChI=1S/C24H35NO5/c1-7-11-16(2)14-19(15-20(26)30-24(4,5)6)22(27)25-17(3)21(29-23(25)28)18-12-9-8-10-13-18/h8-10,12-13,16-17,19,21H,7,11,14-15H2,1-6H3/t16-,17-,19-,21-/m1/s1. The molecule has 6 nitrogen and oxygen atoms in total. The first-order valence-electron chi connectivity index (χ1n) is 10.8. The van der Waals surface area contributed by atoms with E-state index in [9.17, 15) is 14.4 Å². The maximum atomic E-state index is 13.4. The first kappa shape index (κ1) is 23.9. The molecule has 4 atom stereocenters. The number of nitrogens with zero attached hydrogens (tertiary/aromatic N) is 1. The van der Waals surface area contributed by atoms with Crippen molar-refractivity contribution in [1.82, 2.24) is 4.90 Å². The van der Waals surface area contributed by atoms with E-state index in [1.807, 2.05) is 30.3 Å². The quantitative estimate of drug-likeness (QED) is 0.539. The molecular formula is C24H35NO5. The van der Waals surface area contributed by atoms with Crippen LogP contribution < -0.4 is 0 Å². The minimum absolute atomic E-state index is 0.0450. The van der Waals surface area contributed by atoms with Crippen molar-refractivity contribution in [2.24, 2.45) is 11.8 Å². The largest absolute Gasteiger partial charge is 0.460 e. The third kappa shape index (κ3) is 6.31. The van der Waals surface area contributed by atoms with Gasteiger partial charge in [-0.25, -0.2) is 9.69 Å². The molecule has 0 saturated carbocycles. The number of rotatable bonds is 8. The summed E-state index contributed by atoms with van der Waals surface area (Å²) in [4.78, 5) is 39.7. The van der Waals surface area contributed by atoms with Gasteiger partial charge in [0.2, 0.25) is 5.91 Å². The van der Waals surface area contributed by atoms with E-state index in [-0.39, 0.29) is 18.2 Å². The van der Waals surface area contributed by atoms with E-state index in [1.54, 1.807) is 27.7 Å². The van der Waals surface area contributed by atoms with Crippen LogP contribution in [0.15, 0.2) is 30.3 Å². The van der Waals surface area contributed by atoms with E-state index < -0.39 is 35.7 Å². The fourth-order valence-electron chi connectivity index (χ4n) is 3.99. The van der Waals surface area contributed by atoms with Gasteiger partial charge < -0.3 is 9.47 Å². The summed E-state index contributed by atoms with van der Waals surface area (Å²) >= 11 is 0. The molecule has 0 bridgehead atoms. The van der Waals surface area contributed by atoms with E-state index in [2.05, 4.69) is 13.8 Å². The van der Waals surface area contributed by atoms with E-state index >= 15 is 0 Å². The zero-order chi connectivity index (χ0) is 22.5. The second-order valence-corrected chi connectivity index (χ2v) is 9.28. The number of ether oxygens (including phenoxy) is 2. The van der Waals surface area contributed by atoms with Gasteiger partial charge in [-0.2, -0.15) is 0 Å². The fourth-order valence-corrected chi connectivity index (χ4v) is 3.99. The van der Waals surface area contributed by atoms with Crippen LogP contribution in [0.25, 0.3) is 0 Å². The molecule has 2 amide bonds. The van der Waals surface area contributed by atoms with Gasteiger partial charge in [0, 0.05) is 5.92 Å². The Morgan fingerprint density at radius 2 is 1.83 bits per heavy atom. The molecule has 1 saturated heterocycles. The highest BCUT2D eigenvalue weighted by molar-refractivity contribution is 5.96. The van der Waals surface area contributed by atoms with Crippen LogP contribution in [0, 0.1) is 11.8 Å². The molecule has 0 spiro atoms. The zero-order valence-electron chi connectivity index (χ0n) is 19.0. The van der Waals surface area contributed by atoms with Gasteiger partial charge in [-0.15, -0.1) is 0 Å². The molecule has 30 heavy (non-hydrogen) atoms. The zero-order valence-corrected chi connectivity index (χ0v) is 19.0. The Labute approximate surface area is 179 Å². The average molecular weight is 418 g/mol. The van der Waals surface area contributed by atoms with E-state index in [1.165, 1.54) is 4.90 Å². The topological polar surface area (TPSA) is 72.9 Å². The number of imide groups is 1. The van der Waals surface area contributed by atoms with Crippen LogP contribution in [0.5, 0.6) is 0 Å².